The predicted octanol–water partition coefficient (Wildman–Crippen LogP) is 4.90. The van der Waals surface area contributed by atoms with E-state index in [1.54, 1.807) is 32.9 Å². The lowest BCUT2D eigenvalue weighted by Crippen LogP contribution is -2.53. The van der Waals surface area contributed by atoms with Gasteiger partial charge in [-0.2, -0.15) is 0 Å². The summed E-state index contributed by atoms with van der Waals surface area (Å²) in [5, 5.41) is 15.8. The molecule has 2 unspecified atom stereocenters. The van der Waals surface area contributed by atoms with E-state index in [9.17, 15) is 19.5 Å². The molecule has 210 valence electrons. The van der Waals surface area contributed by atoms with Crippen LogP contribution in [0.4, 0.5) is 4.79 Å². The van der Waals surface area contributed by atoms with Crippen molar-refractivity contribution < 1.29 is 24.2 Å². The van der Waals surface area contributed by atoms with Gasteiger partial charge in [0.15, 0.2) is 0 Å². The summed E-state index contributed by atoms with van der Waals surface area (Å²) in [6.45, 7) is 9.26. The highest BCUT2D eigenvalue weighted by atomic mass is 16.6. The van der Waals surface area contributed by atoms with Gasteiger partial charge in [0, 0.05) is 19.5 Å². The number of nitrogens with zero attached hydrogens (tertiary/aromatic N) is 1. The number of rotatable bonds is 11. The van der Waals surface area contributed by atoms with Crippen molar-refractivity contribution in [3.63, 3.8) is 0 Å². The molecule has 0 spiro atoms. The van der Waals surface area contributed by atoms with Crippen molar-refractivity contribution in [3.8, 4) is 5.75 Å². The number of alkyl carbamates (subject to hydrolysis) is 1. The van der Waals surface area contributed by atoms with Gasteiger partial charge < -0.3 is 25.4 Å². The minimum Gasteiger partial charge on any atom is -0.508 e. The van der Waals surface area contributed by atoms with Crippen LogP contribution >= 0.6 is 0 Å². The van der Waals surface area contributed by atoms with Crippen molar-refractivity contribution in [3.05, 3.63) is 114 Å². The fourth-order valence-corrected chi connectivity index (χ4v) is 4.21. The Morgan fingerprint density at radius 2 is 1.57 bits per heavy atom. The van der Waals surface area contributed by atoms with Gasteiger partial charge in [0.1, 0.15) is 23.4 Å². The van der Waals surface area contributed by atoms with Gasteiger partial charge in [-0.1, -0.05) is 78.9 Å². The van der Waals surface area contributed by atoms with E-state index in [1.807, 2.05) is 60.7 Å². The lowest BCUT2D eigenvalue weighted by atomic mass is 10.00. The molecule has 3 aromatic rings. The minimum absolute atomic E-state index is 0.0131. The first-order chi connectivity index (χ1) is 19.1. The zero-order valence-corrected chi connectivity index (χ0v) is 23.2. The van der Waals surface area contributed by atoms with Gasteiger partial charge in [0.05, 0.1) is 0 Å². The molecule has 0 aromatic heterocycles. The third kappa shape index (κ3) is 9.01. The van der Waals surface area contributed by atoms with Crippen LogP contribution in [-0.4, -0.2) is 46.1 Å². The van der Waals surface area contributed by atoms with E-state index >= 15 is 0 Å². The summed E-state index contributed by atoms with van der Waals surface area (Å²) < 4.78 is 5.44. The maximum atomic E-state index is 14.2. The Morgan fingerprint density at radius 1 is 0.950 bits per heavy atom. The Morgan fingerprint density at radius 3 is 2.15 bits per heavy atom. The quantitative estimate of drug-likeness (QED) is 0.298. The standard InChI is InChI=1S/C32H37N3O5/c1-5-19-35(30(38)27(20-23-13-8-6-9-14-23)34-31(39)40-32(2,3)4)28(25-17-12-18-26(36)21-25)29(37)33-22-24-15-10-7-11-16-24/h5-18,21,27-28,36H,1,19-20,22H2,2-4H3,(H,33,37)(H,34,39). The molecule has 0 heterocycles. The summed E-state index contributed by atoms with van der Waals surface area (Å²) in [7, 11) is 0. The van der Waals surface area contributed by atoms with E-state index in [-0.39, 0.29) is 25.3 Å². The average Bonchev–Trinajstić information content (AvgIpc) is 2.91. The third-order valence-corrected chi connectivity index (χ3v) is 5.94. The summed E-state index contributed by atoms with van der Waals surface area (Å²) in [6.07, 6.45) is 0.943. The number of ether oxygens (including phenoxy) is 1. The molecule has 0 saturated heterocycles. The molecule has 8 nitrogen and oxygen atoms in total. The van der Waals surface area contributed by atoms with E-state index in [0.29, 0.717) is 5.56 Å². The largest absolute Gasteiger partial charge is 0.508 e. The van der Waals surface area contributed by atoms with Crippen molar-refractivity contribution in [1.82, 2.24) is 15.5 Å². The molecule has 8 heteroatoms. The number of hydrogen-bond donors (Lipinski definition) is 3. The number of nitrogens with one attached hydrogen (secondary N) is 2. The van der Waals surface area contributed by atoms with Crippen LogP contribution in [0, 0.1) is 0 Å². The van der Waals surface area contributed by atoms with E-state index in [0.717, 1.165) is 11.1 Å². The fraction of sp³-hybridized carbons (Fsp3) is 0.281. The Bertz CT molecular complexity index is 1290. The first-order valence-electron chi connectivity index (χ1n) is 13.1. The van der Waals surface area contributed by atoms with Crippen molar-refractivity contribution in [2.75, 3.05) is 6.54 Å². The highest BCUT2D eigenvalue weighted by Crippen LogP contribution is 2.26. The van der Waals surface area contributed by atoms with E-state index in [2.05, 4.69) is 17.2 Å². The Hall–Kier alpha value is -4.59. The second-order valence-electron chi connectivity index (χ2n) is 10.4. The minimum atomic E-state index is -1.11. The Kier molecular flexibility index (Phi) is 10.5. The highest BCUT2D eigenvalue weighted by molar-refractivity contribution is 5.92. The van der Waals surface area contributed by atoms with E-state index in [4.69, 9.17) is 4.74 Å². The number of aromatic hydroxyl groups is 1. The molecule has 0 saturated carbocycles. The summed E-state index contributed by atoms with van der Waals surface area (Å²) in [5.74, 6) is -0.990. The lowest BCUT2D eigenvalue weighted by molar-refractivity contribution is -0.141. The van der Waals surface area contributed by atoms with Gasteiger partial charge in [-0.05, 0) is 49.6 Å². The number of carbonyl (C=O) groups excluding carboxylic acids is 3. The summed E-state index contributed by atoms with van der Waals surface area (Å²) in [4.78, 5) is 42.0. The predicted molar refractivity (Wildman–Crippen MR) is 154 cm³/mol. The van der Waals surface area contributed by atoms with E-state index in [1.165, 1.54) is 23.1 Å². The van der Waals surface area contributed by atoms with Gasteiger partial charge in [-0.3, -0.25) is 9.59 Å². The molecule has 2 atom stereocenters. The van der Waals surface area contributed by atoms with Gasteiger partial charge >= 0.3 is 6.09 Å². The molecule has 0 radical (unpaired) electrons. The topological polar surface area (TPSA) is 108 Å². The zero-order valence-electron chi connectivity index (χ0n) is 23.2. The number of amides is 3. The highest BCUT2D eigenvalue weighted by Gasteiger charge is 2.36. The Balaban J connectivity index is 1.98. The molecule has 0 aliphatic carbocycles. The van der Waals surface area contributed by atoms with Crippen LogP contribution in [0.15, 0.2) is 97.6 Å². The van der Waals surface area contributed by atoms with Crippen molar-refractivity contribution in [1.29, 1.82) is 0 Å². The van der Waals surface area contributed by atoms with Crippen LogP contribution in [0.5, 0.6) is 5.75 Å². The second kappa shape index (κ2) is 14.0. The van der Waals surface area contributed by atoms with Crippen LogP contribution < -0.4 is 10.6 Å². The average molecular weight is 544 g/mol. The lowest BCUT2D eigenvalue weighted by Gasteiger charge is -2.34. The monoisotopic (exact) mass is 543 g/mol. The smallest absolute Gasteiger partial charge is 0.408 e. The number of phenols is 1. The SMILES string of the molecule is C=CCN(C(=O)C(Cc1ccccc1)NC(=O)OC(C)(C)C)C(C(=O)NCc1ccccc1)c1cccc(O)c1. The van der Waals surface area contributed by atoms with Crippen molar-refractivity contribution >= 4 is 17.9 Å². The van der Waals surface area contributed by atoms with Crippen LogP contribution in [0.3, 0.4) is 0 Å². The molecule has 0 aliphatic rings. The fourth-order valence-electron chi connectivity index (χ4n) is 4.21. The first-order valence-corrected chi connectivity index (χ1v) is 13.1. The normalized spacial score (nSPS) is 12.5. The molecule has 3 N–H and O–H groups in total. The molecule has 0 aliphatic heterocycles. The van der Waals surface area contributed by atoms with E-state index < -0.39 is 35.6 Å². The van der Waals surface area contributed by atoms with Gasteiger partial charge in [-0.25, -0.2) is 4.79 Å². The summed E-state index contributed by atoms with van der Waals surface area (Å²) in [6, 6.07) is 22.7. The number of carbonyl (C=O) groups is 3. The summed E-state index contributed by atoms with van der Waals surface area (Å²) in [5.41, 5.74) is 1.35. The van der Waals surface area contributed by atoms with Crippen molar-refractivity contribution in [2.24, 2.45) is 0 Å². The molecule has 0 fully saturated rings. The third-order valence-electron chi connectivity index (χ3n) is 5.94. The number of benzene rings is 3. The van der Waals surface area contributed by atoms with Crippen LogP contribution in [0.1, 0.15) is 43.5 Å². The number of hydrogen-bond acceptors (Lipinski definition) is 5. The van der Waals surface area contributed by atoms with Crippen LogP contribution in [0.25, 0.3) is 0 Å². The maximum Gasteiger partial charge on any atom is 0.408 e. The van der Waals surface area contributed by atoms with Gasteiger partial charge in [-0.15, -0.1) is 6.58 Å². The number of phenolic OH excluding ortho intramolecular Hbond substituents is 1. The van der Waals surface area contributed by atoms with Crippen molar-refractivity contribution in [2.45, 2.75) is 51.4 Å². The van der Waals surface area contributed by atoms with Crippen LogP contribution in [-0.2, 0) is 27.3 Å². The summed E-state index contributed by atoms with van der Waals surface area (Å²) >= 11 is 0. The zero-order chi connectivity index (χ0) is 29.1. The molecule has 3 amide bonds. The molecular formula is C32H37N3O5. The van der Waals surface area contributed by atoms with Crippen LogP contribution in [0.2, 0.25) is 0 Å². The van der Waals surface area contributed by atoms with Gasteiger partial charge in [0.25, 0.3) is 0 Å². The first kappa shape index (κ1) is 30.0. The van der Waals surface area contributed by atoms with Gasteiger partial charge in [0.2, 0.25) is 11.8 Å². The molecule has 3 rings (SSSR count). The maximum absolute atomic E-state index is 14.2. The molecule has 40 heavy (non-hydrogen) atoms. The second-order valence-corrected chi connectivity index (χ2v) is 10.4. The molecular weight excluding hydrogens is 506 g/mol. The molecule has 0 bridgehead atoms. The Labute approximate surface area is 235 Å². The molecule has 3 aromatic carbocycles.